The van der Waals surface area contributed by atoms with E-state index in [0.29, 0.717) is 12.5 Å². The Kier molecular flexibility index (Phi) is 3.67. The molecule has 0 radical (unpaired) electrons. The monoisotopic (exact) mass is 272 g/mol. The zero-order valence-electron chi connectivity index (χ0n) is 11.4. The Morgan fingerprint density at radius 2 is 1.89 bits per heavy atom. The Hall–Kier alpha value is -1.19. The van der Waals surface area contributed by atoms with Crippen LogP contribution in [0.15, 0.2) is 24.3 Å². The van der Waals surface area contributed by atoms with Gasteiger partial charge in [-0.15, -0.1) is 11.3 Å². The molecular formula is C16H20N2S. The van der Waals surface area contributed by atoms with Crippen molar-refractivity contribution in [3.05, 3.63) is 39.7 Å². The van der Waals surface area contributed by atoms with E-state index in [-0.39, 0.29) is 0 Å². The standard InChI is InChI=1S/C16H20N2S/c1-11-6-8-12(9-7-11)15-16(13-4-2-3-5-13)19-14(10-17)18-15/h6-9,13H,2-5,10,17H2,1H3. The first kappa shape index (κ1) is 12.8. The van der Waals surface area contributed by atoms with E-state index in [1.807, 2.05) is 11.3 Å². The Morgan fingerprint density at radius 3 is 2.53 bits per heavy atom. The van der Waals surface area contributed by atoms with Gasteiger partial charge in [0.2, 0.25) is 0 Å². The summed E-state index contributed by atoms with van der Waals surface area (Å²) in [6.07, 6.45) is 5.33. The molecule has 0 bridgehead atoms. The molecular weight excluding hydrogens is 252 g/mol. The van der Waals surface area contributed by atoms with E-state index in [1.54, 1.807) is 0 Å². The molecule has 19 heavy (non-hydrogen) atoms. The van der Waals surface area contributed by atoms with Gasteiger partial charge in [0.05, 0.1) is 5.69 Å². The van der Waals surface area contributed by atoms with Crippen LogP contribution < -0.4 is 5.73 Å². The molecule has 2 nitrogen and oxygen atoms in total. The van der Waals surface area contributed by atoms with Gasteiger partial charge >= 0.3 is 0 Å². The molecule has 100 valence electrons. The van der Waals surface area contributed by atoms with E-state index >= 15 is 0 Å². The van der Waals surface area contributed by atoms with Crippen LogP contribution in [0.5, 0.6) is 0 Å². The van der Waals surface area contributed by atoms with Gasteiger partial charge in [-0.3, -0.25) is 0 Å². The fourth-order valence-corrected chi connectivity index (χ4v) is 3.98. The summed E-state index contributed by atoms with van der Waals surface area (Å²) in [6.45, 7) is 2.67. The predicted molar refractivity (Wildman–Crippen MR) is 81.4 cm³/mol. The second-order valence-corrected chi connectivity index (χ2v) is 6.49. The molecule has 3 rings (SSSR count). The third-order valence-electron chi connectivity index (χ3n) is 3.92. The molecule has 1 heterocycles. The van der Waals surface area contributed by atoms with Gasteiger partial charge in [0, 0.05) is 17.0 Å². The number of aryl methyl sites for hydroxylation is 1. The van der Waals surface area contributed by atoms with Crippen LogP contribution in [0.1, 0.15) is 47.0 Å². The van der Waals surface area contributed by atoms with Gasteiger partial charge in [0.1, 0.15) is 5.01 Å². The maximum atomic E-state index is 5.78. The summed E-state index contributed by atoms with van der Waals surface area (Å²) in [5.41, 5.74) is 9.49. The fourth-order valence-electron chi connectivity index (χ4n) is 2.85. The van der Waals surface area contributed by atoms with Gasteiger partial charge in [0.25, 0.3) is 0 Å². The molecule has 0 saturated heterocycles. The summed E-state index contributed by atoms with van der Waals surface area (Å²) in [6, 6.07) is 8.69. The maximum absolute atomic E-state index is 5.78. The smallest absolute Gasteiger partial charge is 0.107 e. The normalized spacial score (nSPS) is 16.1. The third kappa shape index (κ3) is 2.58. The van der Waals surface area contributed by atoms with Crippen molar-refractivity contribution in [1.82, 2.24) is 4.98 Å². The number of aromatic nitrogens is 1. The Bertz CT molecular complexity index is 551. The number of hydrogen-bond acceptors (Lipinski definition) is 3. The lowest BCUT2D eigenvalue weighted by Gasteiger charge is -2.09. The topological polar surface area (TPSA) is 38.9 Å². The second-order valence-electron chi connectivity index (χ2n) is 5.37. The van der Waals surface area contributed by atoms with Crippen molar-refractivity contribution in [3.8, 4) is 11.3 Å². The highest BCUT2D eigenvalue weighted by atomic mass is 32.1. The van der Waals surface area contributed by atoms with Gasteiger partial charge in [0.15, 0.2) is 0 Å². The molecule has 1 saturated carbocycles. The molecule has 0 aliphatic heterocycles. The summed E-state index contributed by atoms with van der Waals surface area (Å²) in [7, 11) is 0. The van der Waals surface area contributed by atoms with Crippen LogP contribution in [-0.2, 0) is 6.54 Å². The van der Waals surface area contributed by atoms with Gasteiger partial charge in [-0.1, -0.05) is 42.7 Å². The molecule has 1 aromatic heterocycles. The average Bonchev–Trinajstić information content (AvgIpc) is 3.08. The number of hydrogen-bond donors (Lipinski definition) is 1. The lowest BCUT2D eigenvalue weighted by atomic mass is 10.0. The van der Waals surface area contributed by atoms with Gasteiger partial charge in [-0.2, -0.15) is 0 Å². The molecule has 1 aliphatic rings. The lowest BCUT2D eigenvalue weighted by molar-refractivity contribution is 0.738. The van der Waals surface area contributed by atoms with E-state index in [4.69, 9.17) is 10.7 Å². The number of nitrogens with two attached hydrogens (primary N) is 1. The molecule has 2 N–H and O–H groups in total. The Balaban J connectivity index is 2.03. The number of benzene rings is 1. The van der Waals surface area contributed by atoms with Crippen molar-refractivity contribution in [2.24, 2.45) is 5.73 Å². The van der Waals surface area contributed by atoms with Crippen LogP contribution in [0, 0.1) is 6.92 Å². The minimum absolute atomic E-state index is 0.552. The predicted octanol–water partition coefficient (Wildman–Crippen LogP) is 4.23. The van der Waals surface area contributed by atoms with Gasteiger partial charge in [-0.25, -0.2) is 4.98 Å². The Morgan fingerprint density at radius 1 is 1.21 bits per heavy atom. The van der Waals surface area contributed by atoms with Crippen molar-refractivity contribution in [2.75, 3.05) is 0 Å². The fraction of sp³-hybridized carbons (Fsp3) is 0.438. The summed E-state index contributed by atoms with van der Waals surface area (Å²) in [4.78, 5) is 6.23. The molecule has 1 fully saturated rings. The SMILES string of the molecule is Cc1ccc(-c2nc(CN)sc2C2CCCC2)cc1. The third-order valence-corrected chi connectivity index (χ3v) is 5.16. The molecule has 1 aromatic carbocycles. The van der Waals surface area contributed by atoms with Crippen LogP contribution in [0.3, 0.4) is 0 Å². The van der Waals surface area contributed by atoms with Crippen LogP contribution in [-0.4, -0.2) is 4.98 Å². The highest BCUT2D eigenvalue weighted by Crippen LogP contribution is 2.42. The molecule has 0 unspecified atom stereocenters. The molecule has 1 aliphatic carbocycles. The number of thiazole rings is 1. The zero-order valence-corrected chi connectivity index (χ0v) is 12.2. The van der Waals surface area contributed by atoms with E-state index < -0.39 is 0 Å². The largest absolute Gasteiger partial charge is 0.325 e. The maximum Gasteiger partial charge on any atom is 0.107 e. The molecule has 0 spiro atoms. The molecule has 2 aromatic rings. The first-order chi connectivity index (χ1) is 9.28. The number of nitrogens with zero attached hydrogens (tertiary/aromatic N) is 1. The molecule has 0 atom stereocenters. The summed E-state index contributed by atoms with van der Waals surface area (Å²) in [5.74, 6) is 0.703. The van der Waals surface area contributed by atoms with Crippen molar-refractivity contribution in [3.63, 3.8) is 0 Å². The van der Waals surface area contributed by atoms with Gasteiger partial charge in [-0.05, 0) is 25.7 Å². The van der Waals surface area contributed by atoms with E-state index in [2.05, 4.69) is 31.2 Å². The first-order valence-electron chi connectivity index (χ1n) is 7.04. The zero-order chi connectivity index (χ0) is 13.2. The summed E-state index contributed by atoms with van der Waals surface area (Å²) in [5, 5.41) is 1.07. The summed E-state index contributed by atoms with van der Waals surface area (Å²) < 4.78 is 0. The van der Waals surface area contributed by atoms with Crippen molar-refractivity contribution >= 4 is 11.3 Å². The highest BCUT2D eigenvalue weighted by molar-refractivity contribution is 7.12. The van der Waals surface area contributed by atoms with E-state index in [9.17, 15) is 0 Å². The molecule has 0 amide bonds. The first-order valence-corrected chi connectivity index (χ1v) is 7.86. The van der Waals surface area contributed by atoms with Crippen LogP contribution in [0.25, 0.3) is 11.3 Å². The quantitative estimate of drug-likeness (QED) is 0.908. The van der Waals surface area contributed by atoms with Crippen molar-refractivity contribution < 1.29 is 0 Å². The van der Waals surface area contributed by atoms with E-state index in [0.717, 1.165) is 5.01 Å². The lowest BCUT2D eigenvalue weighted by Crippen LogP contribution is -1.94. The van der Waals surface area contributed by atoms with Crippen LogP contribution in [0.2, 0.25) is 0 Å². The van der Waals surface area contributed by atoms with Crippen molar-refractivity contribution in [1.29, 1.82) is 0 Å². The minimum atomic E-state index is 0.552. The average molecular weight is 272 g/mol. The summed E-state index contributed by atoms with van der Waals surface area (Å²) >= 11 is 1.82. The van der Waals surface area contributed by atoms with E-state index in [1.165, 1.54) is 47.4 Å². The van der Waals surface area contributed by atoms with Crippen molar-refractivity contribution in [2.45, 2.75) is 45.1 Å². The Labute approximate surface area is 118 Å². The van der Waals surface area contributed by atoms with Crippen LogP contribution >= 0.6 is 11.3 Å². The number of rotatable bonds is 3. The minimum Gasteiger partial charge on any atom is -0.325 e. The van der Waals surface area contributed by atoms with Gasteiger partial charge < -0.3 is 5.73 Å². The highest BCUT2D eigenvalue weighted by Gasteiger charge is 2.24. The molecule has 3 heteroatoms. The second kappa shape index (κ2) is 5.43. The van der Waals surface area contributed by atoms with Crippen LogP contribution in [0.4, 0.5) is 0 Å².